The summed E-state index contributed by atoms with van der Waals surface area (Å²) in [6.07, 6.45) is 6.73. The Balaban J connectivity index is 0.00000117. The number of primary sulfonamides is 1. The number of aromatic nitrogens is 3. The number of anilines is 1. The van der Waals surface area contributed by atoms with Gasteiger partial charge in [0, 0.05) is 35.7 Å². The van der Waals surface area contributed by atoms with E-state index in [1.807, 2.05) is 50.2 Å². The first-order valence-corrected chi connectivity index (χ1v) is 10.6. The number of benzene rings is 1. The molecule has 0 aliphatic carbocycles. The normalized spacial score (nSPS) is 11.0. The monoisotopic (exact) mass is 407 g/mol. The third kappa shape index (κ3) is 4.23. The zero-order valence-corrected chi connectivity index (χ0v) is 16.9. The van der Waals surface area contributed by atoms with Gasteiger partial charge >= 0.3 is 0 Å². The molecule has 0 fully saturated rings. The molecule has 8 heteroatoms. The zero-order valence-electron chi connectivity index (χ0n) is 16.1. The Kier molecular flexibility index (Phi) is 5.86. The van der Waals surface area contributed by atoms with E-state index >= 15 is 0 Å². The maximum atomic E-state index is 11.7. The van der Waals surface area contributed by atoms with E-state index in [1.54, 1.807) is 18.6 Å². The quantitative estimate of drug-likeness (QED) is 0.534. The molecule has 0 bridgehead atoms. The number of hydrogen-bond acceptors (Lipinski definition) is 6. The molecule has 0 unspecified atom stereocenters. The minimum atomic E-state index is -3.96. The van der Waals surface area contributed by atoms with Crippen molar-refractivity contribution < 1.29 is 8.42 Å². The van der Waals surface area contributed by atoms with Crippen molar-refractivity contribution >= 4 is 26.7 Å². The number of nitrogens with zero attached hydrogens (tertiary/aromatic N) is 3. The summed E-state index contributed by atoms with van der Waals surface area (Å²) in [7, 11) is -3.96. The van der Waals surface area contributed by atoms with Crippen LogP contribution in [0.3, 0.4) is 0 Å². The van der Waals surface area contributed by atoms with Crippen LogP contribution in [0.25, 0.3) is 33.2 Å². The topological polar surface area (TPSA) is 125 Å². The van der Waals surface area contributed by atoms with E-state index in [0.717, 1.165) is 27.6 Å². The van der Waals surface area contributed by atoms with Gasteiger partial charge in [0.05, 0.1) is 5.52 Å². The van der Waals surface area contributed by atoms with Gasteiger partial charge in [-0.2, -0.15) is 0 Å². The Morgan fingerprint density at radius 3 is 2.24 bits per heavy atom. The predicted molar refractivity (Wildman–Crippen MR) is 115 cm³/mol. The molecule has 3 heterocycles. The van der Waals surface area contributed by atoms with Crippen LogP contribution in [-0.4, -0.2) is 23.4 Å². The largest absolute Gasteiger partial charge is 0.383 e. The summed E-state index contributed by atoms with van der Waals surface area (Å²) in [6, 6.07) is 12.9. The summed E-state index contributed by atoms with van der Waals surface area (Å²) in [5.41, 5.74) is 9.87. The predicted octanol–water partition coefficient (Wildman–Crippen LogP) is 3.61. The van der Waals surface area contributed by atoms with E-state index < -0.39 is 10.0 Å². The molecule has 0 aliphatic heterocycles. The molecule has 148 valence electrons. The maximum absolute atomic E-state index is 11.7. The van der Waals surface area contributed by atoms with Crippen molar-refractivity contribution in [2.45, 2.75) is 18.7 Å². The Bertz CT molecular complexity index is 1260. The first-order chi connectivity index (χ1) is 13.9. The van der Waals surface area contributed by atoms with Crippen LogP contribution in [0.15, 0.2) is 72.1 Å². The molecule has 0 spiro atoms. The molecule has 0 radical (unpaired) electrons. The fourth-order valence-corrected chi connectivity index (χ4v) is 3.59. The van der Waals surface area contributed by atoms with E-state index in [9.17, 15) is 8.42 Å². The van der Waals surface area contributed by atoms with E-state index in [0.29, 0.717) is 5.56 Å². The molecule has 3 aromatic heterocycles. The number of sulfonamides is 1. The van der Waals surface area contributed by atoms with Gasteiger partial charge in [0.1, 0.15) is 10.7 Å². The van der Waals surface area contributed by atoms with Crippen molar-refractivity contribution in [1.29, 1.82) is 0 Å². The van der Waals surface area contributed by atoms with Crippen LogP contribution in [0.2, 0.25) is 0 Å². The molecule has 0 atom stereocenters. The van der Waals surface area contributed by atoms with Crippen molar-refractivity contribution in [3.05, 3.63) is 67.3 Å². The summed E-state index contributed by atoms with van der Waals surface area (Å²) >= 11 is 0. The van der Waals surface area contributed by atoms with E-state index in [1.165, 1.54) is 12.3 Å². The third-order valence-electron chi connectivity index (χ3n) is 4.25. The Hall–Kier alpha value is -3.36. The number of fused-ring (bicyclic) bond motifs is 1. The second-order valence-electron chi connectivity index (χ2n) is 5.98. The first kappa shape index (κ1) is 20.4. The van der Waals surface area contributed by atoms with Crippen LogP contribution < -0.4 is 10.9 Å². The molecule has 1 aromatic carbocycles. The van der Waals surface area contributed by atoms with Gasteiger partial charge in [-0.1, -0.05) is 19.9 Å². The number of rotatable bonds is 3. The minimum absolute atomic E-state index is 0.124. The molecule has 4 aromatic rings. The van der Waals surface area contributed by atoms with Crippen molar-refractivity contribution in [2.75, 3.05) is 5.73 Å². The van der Waals surface area contributed by atoms with Crippen LogP contribution >= 0.6 is 0 Å². The lowest BCUT2D eigenvalue weighted by Crippen LogP contribution is -2.15. The summed E-state index contributed by atoms with van der Waals surface area (Å²) in [5, 5.41) is 6.16. The Morgan fingerprint density at radius 1 is 0.828 bits per heavy atom. The highest BCUT2D eigenvalue weighted by Crippen LogP contribution is 2.31. The smallest absolute Gasteiger partial charge is 0.241 e. The fourth-order valence-electron chi connectivity index (χ4n) is 2.95. The van der Waals surface area contributed by atoms with Gasteiger partial charge in [0.2, 0.25) is 10.0 Å². The van der Waals surface area contributed by atoms with Crippen molar-refractivity contribution in [1.82, 2.24) is 15.0 Å². The lowest BCUT2D eigenvalue weighted by molar-refractivity contribution is 0.598. The van der Waals surface area contributed by atoms with Gasteiger partial charge in [-0.3, -0.25) is 9.97 Å². The fraction of sp³-hybridized carbons (Fsp3) is 0.0952. The SMILES string of the molecule is CC.Nc1ncc(-c2ccc3nccc(-c4ccncc4)c3c2)cc1S(N)(=O)=O. The highest BCUT2D eigenvalue weighted by molar-refractivity contribution is 7.89. The van der Waals surface area contributed by atoms with Crippen molar-refractivity contribution in [3.63, 3.8) is 0 Å². The highest BCUT2D eigenvalue weighted by atomic mass is 32.2. The van der Waals surface area contributed by atoms with Gasteiger partial charge in [-0.05, 0) is 53.1 Å². The summed E-state index contributed by atoms with van der Waals surface area (Å²) in [5.74, 6) is -0.124. The standard InChI is InChI=1S/C19H15N5O2S.C2H6/c20-19-18(27(21,25)26)10-14(11-24-19)13-1-2-17-16(9-13)15(5-8-23-17)12-3-6-22-7-4-12;1-2/h1-11H,(H2,20,24)(H2,21,25,26);1-2H3. The van der Waals surface area contributed by atoms with E-state index in [2.05, 4.69) is 15.0 Å². The molecule has 4 rings (SSSR count). The average Bonchev–Trinajstić information content (AvgIpc) is 2.74. The number of nitrogen functional groups attached to an aromatic ring is 1. The lowest BCUT2D eigenvalue weighted by Gasteiger charge is -2.10. The second-order valence-corrected chi connectivity index (χ2v) is 7.51. The number of pyridine rings is 3. The van der Waals surface area contributed by atoms with Crippen molar-refractivity contribution in [3.8, 4) is 22.3 Å². The molecule has 0 saturated heterocycles. The Labute approximate surface area is 169 Å². The van der Waals surface area contributed by atoms with Crippen LogP contribution in [0.1, 0.15) is 13.8 Å². The first-order valence-electron chi connectivity index (χ1n) is 9.01. The van der Waals surface area contributed by atoms with Gasteiger partial charge in [-0.25, -0.2) is 18.5 Å². The average molecular weight is 407 g/mol. The summed E-state index contributed by atoms with van der Waals surface area (Å²) in [6.45, 7) is 4.00. The summed E-state index contributed by atoms with van der Waals surface area (Å²) in [4.78, 5) is 12.2. The molecular formula is C21H21N5O2S. The molecular weight excluding hydrogens is 386 g/mol. The van der Waals surface area contributed by atoms with Gasteiger partial charge < -0.3 is 5.73 Å². The second kappa shape index (κ2) is 8.34. The van der Waals surface area contributed by atoms with E-state index in [-0.39, 0.29) is 10.7 Å². The van der Waals surface area contributed by atoms with Crippen LogP contribution in [0, 0.1) is 0 Å². The molecule has 29 heavy (non-hydrogen) atoms. The van der Waals surface area contributed by atoms with Gasteiger partial charge in [0.15, 0.2) is 0 Å². The van der Waals surface area contributed by atoms with Crippen LogP contribution in [-0.2, 0) is 10.0 Å². The molecule has 7 nitrogen and oxygen atoms in total. The lowest BCUT2D eigenvalue weighted by atomic mass is 9.98. The molecule has 0 amide bonds. The minimum Gasteiger partial charge on any atom is -0.383 e. The summed E-state index contributed by atoms with van der Waals surface area (Å²) < 4.78 is 23.5. The van der Waals surface area contributed by atoms with E-state index in [4.69, 9.17) is 10.9 Å². The molecule has 0 saturated carbocycles. The molecule has 4 N–H and O–H groups in total. The number of hydrogen-bond donors (Lipinski definition) is 2. The van der Waals surface area contributed by atoms with Crippen LogP contribution in [0.5, 0.6) is 0 Å². The zero-order chi connectivity index (χ0) is 21.0. The highest BCUT2D eigenvalue weighted by Gasteiger charge is 2.15. The number of nitrogens with two attached hydrogens (primary N) is 2. The maximum Gasteiger partial charge on any atom is 0.241 e. The van der Waals surface area contributed by atoms with Gasteiger partial charge in [0.25, 0.3) is 0 Å². The van der Waals surface area contributed by atoms with Gasteiger partial charge in [-0.15, -0.1) is 0 Å². The van der Waals surface area contributed by atoms with Crippen molar-refractivity contribution in [2.24, 2.45) is 5.14 Å². The van der Waals surface area contributed by atoms with Crippen LogP contribution in [0.4, 0.5) is 5.82 Å². The molecule has 0 aliphatic rings. The third-order valence-corrected chi connectivity index (χ3v) is 5.19. The Morgan fingerprint density at radius 2 is 1.55 bits per heavy atom.